The number of nitrogens with zero attached hydrogens (tertiary/aromatic N) is 1. The first-order chi connectivity index (χ1) is 19.5. The molecular weight excluding hydrogens is 569 g/mol. The molecule has 41 heavy (non-hydrogen) atoms. The van der Waals surface area contributed by atoms with Crippen LogP contribution in [0.1, 0.15) is 29.2 Å². The van der Waals surface area contributed by atoms with Gasteiger partial charge in [0, 0.05) is 10.7 Å². The van der Waals surface area contributed by atoms with Crippen molar-refractivity contribution in [2.75, 3.05) is 23.4 Å². The van der Waals surface area contributed by atoms with Crippen molar-refractivity contribution in [1.29, 1.82) is 0 Å². The van der Waals surface area contributed by atoms with Gasteiger partial charge in [0.05, 0.1) is 17.3 Å². The van der Waals surface area contributed by atoms with Crippen LogP contribution in [0, 0.1) is 20.8 Å². The minimum atomic E-state index is -0.890. The predicted molar refractivity (Wildman–Crippen MR) is 158 cm³/mol. The number of anilines is 2. The number of nitrogens with one attached hydrogen (secondary N) is 2. The number of imide groups is 2. The number of ether oxygens (including phenoxy) is 2. The quantitative estimate of drug-likeness (QED) is 0.244. The van der Waals surface area contributed by atoms with Crippen molar-refractivity contribution in [3.8, 4) is 11.5 Å². The summed E-state index contributed by atoms with van der Waals surface area (Å²) in [5, 5.41) is 5.41. The number of aryl methyl sites for hydroxylation is 2. The van der Waals surface area contributed by atoms with Crippen molar-refractivity contribution in [2.45, 2.75) is 27.7 Å². The highest BCUT2D eigenvalue weighted by Crippen LogP contribution is 2.38. The molecule has 5 amide bonds. The van der Waals surface area contributed by atoms with Gasteiger partial charge in [-0.3, -0.25) is 19.7 Å². The Hall–Kier alpha value is -4.34. The first-order valence-corrected chi connectivity index (χ1v) is 13.4. The fourth-order valence-corrected chi connectivity index (χ4v) is 4.59. The Morgan fingerprint density at radius 1 is 1.00 bits per heavy atom. The van der Waals surface area contributed by atoms with Gasteiger partial charge in [-0.05, 0) is 86.4 Å². The molecule has 1 aliphatic heterocycles. The summed E-state index contributed by atoms with van der Waals surface area (Å²) in [5.41, 5.74) is 3.54. The maximum absolute atomic E-state index is 13.3. The molecule has 0 aromatic heterocycles. The maximum atomic E-state index is 13.3. The van der Waals surface area contributed by atoms with Crippen LogP contribution in [0.15, 0.2) is 54.1 Å². The summed E-state index contributed by atoms with van der Waals surface area (Å²) < 4.78 is 11.4. The number of amides is 5. The van der Waals surface area contributed by atoms with Crippen molar-refractivity contribution >= 4 is 64.4 Å². The molecule has 2 N–H and O–H groups in total. The Balaban J connectivity index is 1.60. The lowest BCUT2D eigenvalue weighted by Crippen LogP contribution is -2.54. The van der Waals surface area contributed by atoms with E-state index >= 15 is 0 Å². The number of urea groups is 1. The number of carbonyl (C=O) groups is 4. The topological polar surface area (TPSA) is 114 Å². The third-order valence-corrected chi connectivity index (χ3v) is 6.90. The van der Waals surface area contributed by atoms with Gasteiger partial charge < -0.3 is 14.8 Å². The molecule has 0 bridgehead atoms. The zero-order valence-corrected chi connectivity index (χ0v) is 24.3. The summed E-state index contributed by atoms with van der Waals surface area (Å²) >= 11 is 12.6. The molecule has 0 spiro atoms. The summed E-state index contributed by atoms with van der Waals surface area (Å²) in [5.74, 6) is -1.77. The van der Waals surface area contributed by atoms with E-state index in [0.29, 0.717) is 21.8 Å². The molecule has 0 saturated carbocycles. The van der Waals surface area contributed by atoms with Crippen LogP contribution in [0.3, 0.4) is 0 Å². The first kappa shape index (κ1) is 29.6. The lowest BCUT2D eigenvalue weighted by molar-refractivity contribution is -0.122. The molecule has 11 heteroatoms. The average molecular weight is 596 g/mol. The lowest BCUT2D eigenvalue weighted by Gasteiger charge is -2.27. The van der Waals surface area contributed by atoms with Gasteiger partial charge in [-0.25, -0.2) is 9.69 Å². The van der Waals surface area contributed by atoms with E-state index in [9.17, 15) is 19.2 Å². The summed E-state index contributed by atoms with van der Waals surface area (Å²) in [6.07, 6.45) is 1.29. The van der Waals surface area contributed by atoms with E-state index in [0.717, 1.165) is 16.0 Å². The van der Waals surface area contributed by atoms with Gasteiger partial charge in [0.25, 0.3) is 17.7 Å². The van der Waals surface area contributed by atoms with Crippen molar-refractivity contribution < 1.29 is 28.7 Å². The second kappa shape index (κ2) is 12.4. The average Bonchev–Trinajstić information content (AvgIpc) is 2.91. The Morgan fingerprint density at radius 3 is 2.49 bits per heavy atom. The first-order valence-electron chi connectivity index (χ1n) is 12.6. The molecule has 0 unspecified atom stereocenters. The van der Waals surface area contributed by atoms with Crippen LogP contribution in [-0.2, 0) is 14.4 Å². The molecule has 0 radical (unpaired) electrons. The Labute approximate surface area is 247 Å². The van der Waals surface area contributed by atoms with Crippen LogP contribution in [0.25, 0.3) is 6.08 Å². The van der Waals surface area contributed by atoms with Crippen LogP contribution in [0.4, 0.5) is 16.2 Å². The van der Waals surface area contributed by atoms with E-state index in [4.69, 9.17) is 32.7 Å². The predicted octanol–water partition coefficient (Wildman–Crippen LogP) is 6.00. The molecule has 1 aliphatic rings. The molecule has 3 aromatic rings. The largest absolute Gasteiger partial charge is 0.490 e. The van der Waals surface area contributed by atoms with Crippen molar-refractivity contribution in [3.05, 3.63) is 86.4 Å². The number of carbonyl (C=O) groups excluding carboxylic acids is 4. The van der Waals surface area contributed by atoms with Gasteiger partial charge in [-0.2, -0.15) is 0 Å². The Morgan fingerprint density at radius 2 is 1.76 bits per heavy atom. The van der Waals surface area contributed by atoms with Crippen molar-refractivity contribution in [2.24, 2.45) is 0 Å². The molecule has 3 aromatic carbocycles. The molecule has 1 fully saturated rings. The molecule has 212 valence electrons. The maximum Gasteiger partial charge on any atom is 0.335 e. The Kier molecular flexibility index (Phi) is 9.00. The molecule has 9 nitrogen and oxygen atoms in total. The minimum Gasteiger partial charge on any atom is -0.490 e. The number of barbiturate groups is 1. The second-order valence-electron chi connectivity index (χ2n) is 9.24. The van der Waals surface area contributed by atoms with Gasteiger partial charge in [-0.1, -0.05) is 41.4 Å². The van der Waals surface area contributed by atoms with E-state index in [1.54, 1.807) is 32.0 Å². The van der Waals surface area contributed by atoms with Gasteiger partial charge in [0.1, 0.15) is 5.57 Å². The third-order valence-electron chi connectivity index (χ3n) is 6.38. The fraction of sp³-hybridized carbons (Fsp3) is 0.200. The highest BCUT2D eigenvalue weighted by atomic mass is 35.5. The number of hydrogen-bond acceptors (Lipinski definition) is 6. The smallest absolute Gasteiger partial charge is 0.335 e. The summed E-state index contributed by atoms with van der Waals surface area (Å²) in [6, 6.07) is 12.4. The van der Waals surface area contributed by atoms with E-state index < -0.39 is 23.8 Å². The zero-order chi connectivity index (χ0) is 29.8. The SMILES string of the molecule is CCOc1cc(/C=C2\C(=O)NC(=O)N(c3cc(Cl)ccc3C)C2=O)cc(Cl)c1OCC(=O)Nc1cccc(C)c1C. The highest BCUT2D eigenvalue weighted by molar-refractivity contribution is 6.40. The van der Waals surface area contributed by atoms with Gasteiger partial charge in [0.2, 0.25) is 0 Å². The van der Waals surface area contributed by atoms with Gasteiger partial charge >= 0.3 is 6.03 Å². The fourth-order valence-electron chi connectivity index (χ4n) is 4.15. The number of hydrogen-bond donors (Lipinski definition) is 2. The van der Waals surface area contributed by atoms with Crippen molar-refractivity contribution in [3.63, 3.8) is 0 Å². The van der Waals surface area contributed by atoms with Crippen LogP contribution < -0.4 is 25.0 Å². The van der Waals surface area contributed by atoms with E-state index in [2.05, 4.69) is 10.6 Å². The van der Waals surface area contributed by atoms with E-state index in [1.165, 1.54) is 24.3 Å². The minimum absolute atomic E-state index is 0.0876. The number of halogens is 2. The molecule has 4 rings (SSSR count). The van der Waals surface area contributed by atoms with Crippen LogP contribution in [-0.4, -0.2) is 37.0 Å². The normalized spacial score (nSPS) is 14.2. The Bertz CT molecular complexity index is 1600. The molecule has 0 aliphatic carbocycles. The van der Waals surface area contributed by atoms with Gasteiger partial charge in [0.15, 0.2) is 18.1 Å². The molecule has 1 heterocycles. The summed E-state index contributed by atoms with van der Waals surface area (Å²) in [6.45, 7) is 7.23. The number of rotatable bonds is 8. The molecule has 0 atom stereocenters. The summed E-state index contributed by atoms with van der Waals surface area (Å²) in [7, 11) is 0. The third kappa shape index (κ3) is 6.53. The monoisotopic (exact) mass is 595 g/mol. The van der Waals surface area contributed by atoms with E-state index in [-0.39, 0.29) is 41.0 Å². The zero-order valence-electron chi connectivity index (χ0n) is 22.8. The highest BCUT2D eigenvalue weighted by Gasteiger charge is 2.37. The molecular formula is C30H27Cl2N3O6. The summed E-state index contributed by atoms with van der Waals surface area (Å²) in [4.78, 5) is 52.1. The van der Waals surface area contributed by atoms with E-state index in [1.807, 2.05) is 26.0 Å². The second-order valence-corrected chi connectivity index (χ2v) is 10.1. The molecule has 1 saturated heterocycles. The van der Waals surface area contributed by atoms with Crippen LogP contribution in [0.2, 0.25) is 10.0 Å². The standard InChI is InChI=1S/C30H27Cl2N3O6/c1-5-40-25-13-19(12-22(32)27(25)41-15-26(36)33-23-8-6-7-16(2)18(23)4)11-21-28(37)34-30(39)35(29(21)38)24-14-20(31)10-9-17(24)3/h6-14H,5,15H2,1-4H3,(H,33,36)(H,34,37,39)/b21-11+. The van der Waals surface area contributed by atoms with Crippen LogP contribution >= 0.6 is 23.2 Å². The van der Waals surface area contributed by atoms with Gasteiger partial charge in [-0.15, -0.1) is 0 Å². The number of benzene rings is 3. The van der Waals surface area contributed by atoms with Crippen molar-refractivity contribution in [1.82, 2.24) is 5.32 Å². The lowest BCUT2D eigenvalue weighted by atomic mass is 10.1. The van der Waals surface area contributed by atoms with Crippen LogP contribution in [0.5, 0.6) is 11.5 Å².